The van der Waals surface area contributed by atoms with Crippen molar-refractivity contribution in [3.8, 4) is 5.75 Å². The van der Waals surface area contributed by atoms with Gasteiger partial charge in [0, 0.05) is 11.8 Å². The Balaban J connectivity index is 3.38. The van der Waals surface area contributed by atoms with Crippen LogP contribution in [-0.2, 0) is 0 Å². The predicted molar refractivity (Wildman–Crippen MR) is 44.2 cm³/mol. The molecule has 0 unspecified atom stereocenters. The lowest BCUT2D eigenvalue weighted by Crippen LogP contribution is -2.01. The maximum Gasteiger partial charge on any atom is 0.339 e. The molecular formula is C8H9NO3. The Morgan fingerprint density at radius 3 is 2.50 bits per heavy atom. The molecule has 0 heterocycles. The number of aryl methyl sites for hydroxylation is 1. The number of carbonyl (C=O) groups is 1. The van der Waals surface area contributed by atoms with E-state index in [1.807, 2.05) is 0 Å². The highest BCUT2D eigenvalue weighted by Gasteiger charge is 2.12. The van der Waals surface area contributed by atoms with E-state index >= 15 is 0 Å². The number of carboxylic acids is 1. The molecule has 12 heavy (non-hydrogen) atoms. The number of anilines is 1. The van der Waals surface area contributed by atoms with Gasteiger partial charge in [0.05, 0.1) is 0 Å². The van der Waals surface area contributed by atoms with Gasteiger partial charge in [-0.15, -0.1) is 0 Å². The molecular weight excluding hydrogens is 158 g/mol. The molecule has 0 atom stereocenters. The standard InChI is InChI=1S/C8H9NO3/c1-4-2-5(9)3-6(10)7(4)8(11)12/h2-3,10H,9H2,1H3,(H,11,12). The predicted octanol–water partition coefficient (Wildman–Crippen LogP) is 0.981. The lowest BCUT2D eigenvalue weighted by molar-refractivity contribution is 0.0693. The number of carboxylic acid groups (broad SMARTS) is 1. The molecule has 0 saturated heterocycles. The van der Waals surface area contributed by atoms with Crippen LogP contribution >= 0.6 is 0 Å². The Labute approximate surface area is 69.3 Å². The van der Waals surface area contributed by atoms with E-state index in [4.69, 9.17) is 10.8 Å². The van der Waals surface area contributed by atoms with E-state index < -0.39 is 5.97 Å². The highest BCUT2D eigenvalue weighted by Crippen LogP contribution is 2.23. The van der Waals surface area contributed by atoms with Gasteiger partial charge in [0.1, 0.15) is 11.3 Å². The number of hydrogen-bond donors (Lipinski definition) is 3. The summed E-state index contributed by atoms with van der Waals surface area (Å²) < 4.78 is 0. The zero-order valence-corrected chi connectivity index (χ0v) is 6.53. The van der Waals surface area contributed by atoms with Crippen molar-refractivity contribution in [3.63, 3.8) is 0 Å². The van der Waals surface area contributed by atoms with Crippen LogP contribution in [0.2, 0.25) is 0 Å². The third-order valence-electron chi connectivity index (χ3n) is 1.55. The van der Waals surface area contributed by atoms with Gasteiger partial charge in [-0.25, -0.2) is 4.79 Å². The van der Waals surface area contributed by atoms with Gasteiger partial charge in [-0.1, -0.05) is 0 Å². The van der Waals surface area contributed by atoms with Crippen LogP contribution in [0.5, 0.6) is 5.75 Å². The Bertz CT molecular complexity index is 310. The smallest absolute Gasteiger partial charge is 0.339 e. The molecule has 4 heteroatoms. The monoisotopic (exact) mass is 167 g/mol. The number of aromatic hydroxyl groups is 1. The van der Waals surface area contributed by atoms with E-state index in [0.717, 1.165) is 0 Å². The normalized spacial score (nSPS) is 9.75. The average molecular weight is 167 g/mol. The van der Waals surface area contributed by atoms with E-state index in [-0.39, 0.29) is 11.3 Å². The summed E-state index contributed by atoms with van der Waals surface area (Å²) in [4.78, 5) is 10.6. The number of rotatable bonds is 1. The molecule has 1 rings (SSSR count). The average Bonchev–Trinajstić information content (AvgIpc) is 1.82. The summed E-state index contributed by atoms with van der Waals surface area (Å²) in [5.41, 5.74) is 6.10. The molecule has 0 aliphatic heterocycles. The minimum absolute atomic E-state index is 0.0933. The highest BCUT2D eigenvalue weighted by atomic mass is 16.4. The van der Waals surface area contributed by atoms with Crippen molar-refractivity contribution >= 4 is 11.7 Å². The SMILES string of the molecule is Cc1cc(N)cc(O)c1C(=O)O. The van der Waals surface area contributed by atoms with Crippen LogP contribution < -0.4 is 5.73 Å². The van der Waals surface area contributed by atoms with Gasteiger partial charge in [-0.2, -0.15) is 0 Å². The summed E-state index contributed by atoms with van der Waals surface area (Å²) in [6.07, 6.45) is 0. The van der Waals surface area contributed by atoms with Crippen LogP contribution in [0.4, 0.5) is 5.69 Å². The van der Waals surface area contributed by atoms with Crippen LogP contribution in [0.25, 0.3) is 0 Å². The molecule has 1 aromatic carbocycles. The molecule has 0 radical (unpaired) electrons. The summed E-state index contributed by atoms with van der Waals surface area (Å²) >= 11 is 0. The third kappa shape index (κ3) is 1.32. The summed E-state index contributed by atoms with van der Waals surface area (Å²) in [5.74, 6) is -1.44. The maximum absolute atomic E-state index is 10.6. The van der Waals surface area contributed by atoms with Crippen LogP contribution in [0.1, 0.15) is 15.9 Å². The van der Waals surface area contributed by atoms with Gasteiger partial charge in [0.2, 0.25) is 0 Å². The summed E-state index contributed by atoms with van der Waals surface area (Å²) in [6, 6.07) is 2.72. The summed E-state index contributed by atoms with van der Waals surface area (Å²) in [6.45, 7) is 1.58. The molecule has 0 bridgehead atoms. The van der Waals surface area contributed by atoms with E-state index in [1.165, 1.54) is 12.1 Å². The molecule has 0 spiro atoms. The minimum atomic E-state index is -1.15. The molecule has 64 valence electrons. The van der Waals surface area contributed by atoms with Crippen molar-refractivity contribution in [2.24, 2.45) is 0 Å². The zero-order valence-electron chi connectivity index (χ0n) is 6.53. The fourth-order valence-corrected chi connectivity index (χ4v) is 1.07. The maximum atomic E-state index is 10.6. The second-order valence-corrected chi connectivity index (χ2v) is 2.54. The molecule has 0 aromatic heterocycles. The van der Waals surface area contributed by atoms with Gasteiger partial charge < -0.3 is 15.9 Å². The van der Waals surface area contributed by atoms with Crippen molar-refractivity contribution < 1.29 is 15.0 Å². The Morgan fingerprint density at radius 2 is 2.08 bits per heavy atom. The van der Waals surface area contributed by atoms with Gasteiger partial charge in [0.25, 0.3) is 0 Å². The molecule has 0 aliphatic carbocycles. The van der Waals surface area contributed by atoms with Crippen LogP contribution in [0.15, 0.2) is 12.1 Å². The van der Waals surface area contributed by atoms with Gasteiger partial charge in [0.15, 0.2) is 0 Å². The quantitative estimate of drug-likeness (QED) is 0.544. The summed E-state index contributed by atoms with van der Waals surface area (Å²) in [7, 11) is 0. The highest BCUT2D eigenvalue weighted by molar-refractivity contribution is 5.93. The van der Waals surface area contributed by atoms with Crippen molar-refractivity contribution in [1.82, 2.24) is 0 Å². The van der Waals surface area contributed by atoms with E-state index in [0.29, 0.717) is 11.3 Å². The number of aromatic carboxylic acids is 1. The second-order valence-electron chi connectivity index (χ2n) is 2.54. The molecule has 0 saturated carbocycles. The topological polar surface area (TPSA) is 83.5 Å². The summed E-state index contributed by atoms with van der Waals surface area (Å²) in [5, 5.41) is 17.8. The largest absolute Gasteiger partial charge is 0.507 e. The lowest BCUT2D eigenvalue weighted by Gasteiger charge is -2.04. The molecule has 1 aromatic rings. The van der Waals surface area contributed by atoms with E-state index in [1.54, 1.807) is 6.92 Å². The molecule has 0 amide bonds. The Morgan fingerprint density at radius 1 is 1.50 bits per heavy atom. The first-order valence-corrected chi connectivity index (χ1v) is 3.34. The van der Waals surface area contributed by atoms with Crippen molar-refractivity contribution in [1.29, 1.82) is 0 Å². The number of benzene rings is 1. The Kier molecular flexibility index (Phi) is 1.91. The minimum Gasteiger partial charge on any atom is -0.507 e. The van der Waals surface area contributed by atoms with E-state index in [2.05, 4.69) is 0 Å². The lowest BCUT2D eigenvalue weighted by atomic mass is 10.1. The van der Waals surface area contributed by atoms with Crippen LogP contribution in [-0.4, -0.2) is 16.2 Å². The van der Waals surface area contributed by atoms with Crippen molar-refractivity contribution in [3.05, 3.63) is 23.3 Å². The number of phenols is 1. The van der Waals surface area contributed by atoms with Gasteiger partial charge in [-0.05, 0) is 18.6 Å². The van der Waals surface area contributed by atoms with Crippen LogP contribution in [0, 0.1) is 6.92 Å². The van der Waals surface area contributed by atoms with E-state index in [9.17, 15) is 9.90 Å². The number of hydrogen-bond acceptors (Lipinski definition) is 3. The van der Waals surface area contributed by atoms with Crippen LogP contribution in [0.3, 0.4) is 0 Å². The molecule has 0 fully saturated rings. The molecule has 4 nitrogen and oxygen atoms in total. The van der Waals surface area contributed by atoms with Gasteiger partial charge >= 0.3 is 5.97 Å². The first-order chi connectivity index (χ1) is 5.52. The first kappa shape index (κ1) is 8.39. The Hall–Kier alpha value is -1.71. The third-order valence-corrected chi connectivity index (χ3v) is 1.55. The molecule has 4 N–H and O–H groups in total. The van der Waals surface area contributed by atoms with Gasteiger partial charge in [-0.3, -0.25) is 0 Å². The fourth-order valence-electron chi connectivity index (χ4n) is 1.07. The number of nitrogens with two attached hydrogens (primary N) is 1. The van der Waals surface area contributed by atoms with Crippen molar-refractivity contribution in [2.45, 2.75) is 6.92 Å². The fraction of sp³-hybridized carbons (Fsp3) is 0.125. The zero-order chi connectivity index (χ0) is 9.30. The van der Waals surface area contributed by atoms with Crippen molar-refractivity contribution in [2.75, 3.05) is 5.73 Å². The first-order valence-electron chi connectivity index (χ1n) is 3.34. The number of nitrogen functional groups attached to an aromatic ring is 1. The molecule has 0 aliphatic rings. The second kappa shape index (κ2) is 2.73.